The summed E-state index contributed by atoms with van der Waals surface area (Å²) >= 11 is 1.67. The number of fused-ring (bicyclic) bond motifs is 1. The number of thiophene rings is 1. The lowest BCUT2D eigenvalue weighted by Crippen LogP contribution is -2.44. The van der Waals surface area contributed by atoms with E-state index in [0.717, 1.165) is 18.2 Å². The molecular formula is C19H20N2O3S2. The zero-order chi connectivity index (χ0) is 18.0. The Morgan fingerprint density at radius 2 is 1.92 bits per heavy atom. The molecule has 1 saturated heterocycles. The van der Waals surface area contributed by atoms with E-state index in [9.17, 15) is 8.42 Å². The van der Waals surface area contributed by atoms with Gasteiger partial charge >= 0.3 is 0 Å². The Kier molecular flexibility index (Phi) is 4.79. The molecule has 0 aliphatic carbocycles. The van der Waals surface area contributed by atoms with Crippen LogP contribution < -0.4 is 4.72 Å². The molecule has 3 heterocycles. The van der Waals surface area contributed by atoms with Crippen molar-refractivity contribution in [2.75, 3.05) is 19.8 Å². The van der Waals surface area contributed by atoms with Gasteiger partial charge in [-0.05, 0) is 36.4 Å². The second-order valence-electron chi connectivity index (χ2n) is 6.53. The Morgan fingerprint density at radius 3 is 2.69 bits per heavy atom. The first kappa shape index (κ1) is 17.6. The molecule has 1 aliphatic heterocycles. The Morgan fingerprint density at radius 1 is 1.12 bits per heavy atom. The van der Waals surface area contributed by atoms with Gasteiger partial charge in [0.05, 0.1) is 5.52 Å². The highest BCUT2D eigenvalue weighted by Gasteiger charge is 2.36. The van der Waals surface area contributed by atoms with Gasteiger partial charge in [-0.25, -0.2) is 13.1 Å². The van der Waals surface area contributed by atoms with Gasteiger partial charge in [-0.1, -0.05) is 24.3 Å². The Bertz CT molecular complexity index is 989. The normalized spacial score (nSPS) is 17.4. The number of ether oxygens (including phenoxy) is 1. The zero-order valence-corrected chi connectivity index (χ0v) is 15.9. The summed E-state index contributed by atoms with van der Waals surface area (Å²) in [5, 5.41) is 2.85. The molecule has 1 aromatic carbocycles. The van der Waals surface area contributed by atoms with Crippen LogP contribution >= 0.6 is 11.3 Å². The standard InChI is InChI=1S/C19H20N2O3S2/c22-26(23,16-6-1-4-15-5-2-10-20-18(15)16)21-14-19(8-11-24-12-9-19)17-7-3-13-25-17/h1-7,10,13,21H,8-9,11-12,14H2. The minimum absolute atomic E-state index is 0.211. The third-order valence-electron chi connectivity index (χ3n) is 4.98. The maximum absolute atomic E-state index is 13.0. The van der Waals surface area contributed by atoms with Gasteiger partial charge in [-0.2, -0.15) is 0 Å². The number of nitrogens with one attached hydrogen (secondary N) is 1. The van der Waals surface area contributed by atoms with Crippen LogP contribution in [0.5, 0.6) is 0 Å². The predicted molar refractivity (Wildman–Crippen MR) is 103 cm³/mol. The van der Waals surface area contributed by atoms with Crippen molar-refractivity contribution in [1.82, 2.24) is 9.71 Å². The van der Waals surface area contributed by atoms with Crippen LogP contribution in [0, 0.1) is 0 Å². The van der Waals surface area contributed by atoms with Crippen molar-refractivity contribution in [3.8, 4) is 0 Å². The van der Waals surface area contributed by atoms with Crippen LogP contribution in [0.4, 0.5) is 0 Å². The average Bonchev–Trinajstić information content (AvgIpc) is 3.22. The third kappa shape index (κ3) is 3.27. The van der Waals surface area contributed by atoms with E-state index in [-0.39, 0.29) is 10.3 Å². The molecule has 0 unspecified atom stereocenters. The minimum atomic E-state index is -3.66. The second kappa shape index (κ2) is 7.08. The van der Waals surface area contributed by atoms with E-state index in [1.165, 1.54) is 4.88 Å². The highest BCUT2D eigenvalue weighted by molar-refractivity contribution is 7.89. The van der Waals surface area contributed by atoms with E-state index in [2.05, 4.69) is 15.8 Å². The summed E-state index contributed by atoms with van der Waals surface area (Å²) in [5.41, 5.74) is 0.289. The lowest BCUT2D eigenvalue weighted by atomic mass is 9.79. The number of aromatic nitrogens is 1. The smallest absolute Gasteiger partial charge is 0.242 e. The second-order valence-corrected chi connectivity index (χ2v) is 9.21. The molecule has 0 radical (unpaired) electrons. The molecular weight excluding hydrogens is 368 g/mol. The van der Waals surface area contributed by atoms with Gasteiger partial charge in [-0.15, -0.1) is 11.3 Å². The maximum atomic E-state index is 13.0. The van der Waals surface area contributed by atoms with E-state index in [4.69, 9.17) is 4.74 Å². The third-order valence-corrected chi connectivity index (χ3v) is 7.53. The van der Waals surface area contributed by atoms with Gasteiger partial charge in [0, 0.05) is 41.6 Å². The van der Waals surface area contributed by atoms with Crippen molar-refractivity contribution in [2.24, 2.45) is 0 Å². The number of hydrogen-bond acceptors (Lipinski definition) is 5. The SMILES string of the molecule is O=S(=O)(NCC1(c2cccs2)CCOCC1)c1cccc2cccnc12. The molecule has 1 aliphatic rings. The van der Waals surface area contributed by atoms with Gasteiger partial charge in [0.2, 0.25) is 10.0 Å². The monoisotopic (exact) mass is 388 g/mol. The summed E-state index contributed by atoms with van der Waals surface area (Å²) in [7, 11) is -3.66. The molecule has 0 amide bonds. The molecule has 1 fully saturated rings. The number of pyridine rings is 1. The molecule has 26 heavy (non-hydrogen) atoms. The fourth-order valence-corrected chi connectivity index (χ4v) is 5.75. The summed E-state index contributed by atoms with van der Waals surface area (Å²) in [6, 6.07) is 13.0. The van der Waals surface area contributed by atoms with E-state index in [1.807, 2.05) is 23.6 Å². The number of rotatable bonds is 5. The van der Waals surface area contributed by atoms with E-state index < -0.39 is 10.0 Å². The number of benzene rings is 1. The van der Waals surface area contributed by atoms with E-state index >= 15 is 0 Å². The Labute approximate surface area is 157 Å². The van der Waals surface area contributed by atoms with E-state index in [1.54, 1.807) is 35.7 Å². The maximum Gasteiger partial charge on any atom is 0.242 e. The Hall–Kier alpha value is -1.80. The van der Waals surface area contributed by atoms with Crippen LogP contribution in [0.15, 0.2) is 58.9 Å². The quantitative estimate of drug-likeness (QED) is 0.728. The van der Waals surface area contributed by atoms with Crippen molar-refractivity contribution in [1.29, 1.82) is 0 Å². The fourth-order valence-electron chi connectivity index (χ4n) is 3.46. The summed E-state index contributed by atoms with van der Waals surface area (Å²) in [6.07, 6.45) is 3.24. The fraction of sp³-hybridized carbons (Fsp3) is 0.316. The first-order valence-corrected chi connectivity index (χ1v) is 10.9. The molecule has 4 rings (SSSR count). The molecule has 2 aromatic heterocycles. The first-order valence-electron chi connectivity index (χ1n) is 8.56. The molecule has 3 aromatic rings. The summed E-state index contributed by atoms with van der Waals surface area (Å²) in [4.78, 5) is 5.71. The lowest BCUT2D eigenvalue weighted by molar-refractivity contribution is 0.0529. The highest BCUT2D eigenvalue weighted by Crippen LogP contribution is 2.37. The van der Waals surface area contributed by atoms with Crippen LogP contribution in [-0.4, -0.2) is 33.2 Å². The van der Waals surface area contributed by atoms with Crippen molar-refractivity contribution in [3.63, 3.8) is 0 Å². The van der Waals surface area contributed by atoms with Crippen molar-refractivity contribution >= 4 is 32.3 Å². The van der Waals surface area contributed by atoms with Crippen LogP contribution in [0.1, 0.15) is 17.7 Å². The molecule has 0 spiro atoms. The number of hydrogen-bond donors (Lipinski definition) is 1. The Balaban J connectivity index is 1.65. The predicted octanol–water partition coefficient (Wildman–Crippen LogP) is 3.32. The molecule has 0 saturated carbocycles. The van der Waals surface area contributed by atoms with Crippen molar-refractivity contribution in [2.45, 2.75) is 23.2 Å². The van der Waals surface area contributed by atoms with Gasteiger partial charge in [-0.3, -0.25) is 4.98 Å². The highest BCUT2D eigenvalue weighted by atomic mass is 32.2. The van der Waals surface area contributed by atoms with Crippen LogP contribution in [0.25, 0.3) is 10.9 Å². The first-order chi connectivity index (χ1) is 12.6. The number of nitrogens with zero attached hydrogens (tertiary/aromatic N) is 1. The molecule has 136 valence electrons. The summed E-state index contributed by atoms with van der Waals surface area (Å²) in [5.74, 6) is 0. The lowest BCUT2D eigenvalue weighted by Gasteiger charge is -2.36. The van der Waals surface area contributed by atoms with Crippen LogP contribution in [0.3, 0.4) is 0 Å². The number of para-hydroxylation sites is 1. The summed E-state index contributed by atoms with van der Waals surface area (Å²) < 4.78 is 34.4. The largest absolute Gasteiger partial charge is 0.381 e. The van der Waals surface area contributed by atoms with Crippen LogP contribution in [-0.2, 0) is 20.2 Å². The van der Waals surface area contributed by atoms with Gasteiger partial charge in [0.25, 0.3) is 0 Å². The van der Waals surface area contributed by atoms with Gasteiger partial charge in [0.15, 0.2) is 0 Å². The summed E-state index contributed by atoms with van der Waals surface area (Å²) in [6.45, 7) is 1.66. The molecule has 0 bridgehead atoms. The number of sulfonamides is 1. The van der Waals surface area contributed by atoms with Gasteiger partial charge < -0.3 is 4.74 Å². The molecule has 7 heteroatoms. The van der Waals surface area contributed by atoms with Crippen molar-refractivity contribution in [3.05, 3.63) is 58.9 Å². The van der Waals surface area contributed by atoms with E-state index in [0.29, 0.717) is 25.3 Å². The average molecular weight is 389 g/mol. The van der Waals surface area contributed by atoms with Crippen LogP contribution in [0.2, 0.25) is 0 Å². The minimum Gasteiger partial charge on any atom is -0.381 e. The molecule has 0 atom stereocenters. The van der Waals surface area contributed by atoms with Gasteiger partial charge in [0.1, 0.15) is 4.90 Å². The van der Waals surface area contributed by atoms with Crippen molar-refractivity contribution < 1.29 is 13.2 Å². The zero-order valence-electron chi connectivity index (χ0n) is 14.2. The molecule has 1 N–H and O–H groups in total. The topological polar surface area (TPSA) is 68.3 Å². The molecule has 5 nitrogen and oxygen atoms in total.